The molecule has 0 fully saturated rings. The van der Waals surface area contributed by atoms with Crippen molar-refractivity contribution in [3.63, 3.8) is 0 Å². The summed E-state index contributed by atoms with van der Waals surface area (Å²) in [6.45, 7) is 5.07. The zero-order valence-corrected chi connectivity index (χ0v) is 11.8. The lowest BCUT2D eigenvalue weighted by Crippen LogP contribution is -2.19. The third kappa shape index (κ3) is 16.9. The average molecular weight is 352 g/mol. The van der Waals surface area contributed by atoms with Crippen LogP contribution in [0.25, 0.3) is 0 Å². The summed E-state index contributed by atoms with van der Waals surface area (Å²) in [6, 6.07) is 0. The second kappa shape index (κ2) is 15.5. The van der Waals surface area contributed by atoms with Crippen molar-refractivity contribution in [3.05, 3.63) is 0 Å². The fourth-order valence-corrected chi connectivity index (χ4v) is 1.03. The van der Waals surface area contributed by atoms with Crippen LogP contribution in [0.4, 0.5) is 0 Å². The van der Waals surface area contributed by atoms with Crippen LogP contribution < -0.4 is 0 Å². The van der Waals surface area contributed by atoms with Crippen LogP contribution in [-0.2, 0) is 12.5 Å². The second-order valence-electron chi connectivity index (χ2n) is 2.68. The molecular weight excluding hydrogens is 331 g/mol. The quantitative estimate of drug-likeness (QED) is 0.424. The van der Waals surface area contributed by atoms with Gasteiger partial charge in [-0.1, -0.05) is 0 Å². The topological polar surface area (TPSA) is 88.4 Å². The van der Waals surface area contributed by atoms with Gasteiger partial charge in [0.2, 0.25) is 0 Å². The fourth-order valence-electron chi connectivity index (χ4n) is 0.620. The van der Waals surface area contributed by atoms with Gasteiger partial charge >= 0.3 is 0 Å². The Morgan fingerprint density at radius 3 is 2.06 bits per heavy atom. The molecule has 0 spiro atoms. The van der Waals surface area contributed by atoms with Crippen molar-refractivity contribution < 1.29 is 27.9 Å². The number of rotatable bonds is 8. The summed E-state index contributed by atoms with van der Waals surface area (Å²) < 4.78 is 14.1. The molecular formula is C9H21IO6. The van der Waals surface area contributed by atoms with Gasteiger partial charge in [0, 0.05) is 13.2 Å². The number of hydrogen-bond acceptors (Lipinski definition) is 6. The molecule has 0 aromatic carbocycles. The van der Waals surface area contributed by atoms with E-state index in [1.807, 2.05) is 6.92 Å². The van der Waals surface area contributed by atoms with E-state index in [1.165, 1.54) is 0 Å². The molecule has 0 saturated carbocycles. The summed E-state index contributed by atoms with van der Waals surface area (Å²) >= 11 is 1.74. The van der Waals surface area contributed by atoms with Gasteiger partial charge in [-0.2, -0.15) is 0 Å². The van der Waals surface area contributed by atoms with Crippen LogP contribution in [0.2, 0.25) is 0 Å². The number of hydrogen-bond donors (Lipinski definition) is 3. The zero-order chi connectivity index (χ0) is 12.8. The Bertz CT molecular complexity index is 127. The van der Waals surface area contributed by atoms with E-state index in [0.29, 0.717) is 26.4 Å². The lowest BCUT2D eigenvalue weighted by molar-refractivity contribution is -0.120. The summed E-state index contributed by atoms with van der Waals surface area (Å²) in [7, 11) is 0. The summed E-state index contributed by atoms with van der Waals surface area (Å²) in [5.74, 6) is 0. The molecule has 0 aromatic rings. The number of halogens is 1. The Morgan fingerprint density at radius 2 is 1.75 bits per heavy atom. The normalized spacial score (nSPS) is 13.9. The van der Waals surface area contributed by atoms with E-state index in [4.69, 9.17) is 20.1 Å². The van der Waals surface area contributed by atoms with E-state index in [1.54, 1.807) is 29.9 Å². The summed E-state index contributed by atoms with van der Waals surface area (Å²) in [6.07, 6.45) is -1.48. The fraction of sp³-hybridized carbons (Fsp3) is 1.00. The molecule has 0 rings (SSSR count). The predicted octanol–water partition coefficient (Wildman–Crippen LogP) is 0.0840. The molecule has 0 saturated heterocycles. The molecule has 0 radical (unpaired) electrons. The molecule has 6 nitrogen and oxygen atoms in total. The maximum atomic E-state index is 8.93. The van der Waals surface area contributed by atoms with Gasteiger partial charge in [0.25, 0.3) is 0 Å². The van der Waals surface area contributed by atoms with Crippen LogP contribution in [0.15, 0.2) is 0 Å². The number of ether oxygens (including phenoxy) is 2. The minimum Gasteiger partial charge on any atom is -0.391 e. The minimum absolute atomic E-state index is 0.326. The Labute approximate surface area is 110 Å². The van der Waals surface area contributed by atoms with E-state index in [2.05, 4.69) is 7.80 Å². The largest absolute Gasteiger partial charge is 0.391 e. The van der Waals surface area contributed by atoms with Crippen molar-refractivity contribution in [3.8, 4) is 0 Å². The van der Waals surface area contributed by atoms with Gasteiger partial charge in [-0.05, 0) is 13.8 Å². The summed E-state index contributed by atoms with van der Waals surface area (Å²) in [5.41, 5.74) is 0. The third-order valence-electron chi connectivity index (χ3n) is 1.28. The molecule has 2 atom stereocenters. The zero-order valence-electron chi connectivity index (χ0n) is 9.63. The molecule has 0 aliphatic rings. The molecule has 0 amide bonds. The first kappa shape index (κ1) is 18.8. The molecule has 7 heteroatoms. The standard InChI is InChI=1S/C5H11IO3.C4H10O3/c1-2-8-3-5(7)4-9-6;1-2-7-4(6)3-5/h5,7H,2-4H2,1H3;4-6H,2-3H2,1H3. The van der Waals surface area contributed by atoms with Crippen LogP contribution >= 0.6 is 23.0 Å². The van der Waals surface area contributed by atoms with E-state index in [-0.39, 0.29) is 6.61 Å². The van der Waals surface area contributed by atoms with Crippen molar-refractivity contribution in [2.75, 3.05) is 33.0 Å². The molecule has 0 aliphatic heterocycles. The van der Waals surface area contributed by atoms with E-state index in [0.717, 1.165) is 0 Å². The molecule has 0 aromatic heterocycles. The lowest BCUT2D eigenvalue weighted by atomic mass is 10.4. The maximum absolute atomic E-state index is 8.93. The van der Waals surface area contributed by atoms with Crippen molar-refractivity contribution >= 4 is 23.0 Å². The van der Waals surface area contributed by atoms with Gasteiger partial charge in [0.05, 0.1) is 19.8 Å². The first-order chi connectivity index (χ1) is 7.62. The van der Waals surface area contributed by atoms with Gasteiger partial charge in [-0.15, -0.1) is 0 Å². The van der Waals surface area contributed by atoms with Crippen molar-refractivity contribution in [2.45, 2.75) is 26.2 Å². The van der Waals surface area contributed by atoms with Gasteiger partial charge in [-0.3, -0.25) is 0 Å². The Hall–Kier alpha value is 0.490. The van der Waals surface area contributed by atoms with Crippen LogP contribution in [0.1, 0.15) is 13.8 Å². The molecule has 100 valence electrons. The Kier molecular flexibility index (Phi) is 18.2. The first-order valence-electron chi connectivity index (χ1n) is 5.02. The van der Waals surface area contributed by atoms with Gasteiger partial charge in [0.1, 0.15) is 29.1 Å². The number of aliphatic hydroxyl groups is 3. The van der Waals surface area contributed by atoms with Crippen molar-refractivity contribution in [1.29, 1.82) is 0 Å². The summed E-state index contributed by atoms with van der Waals surface area (Å²) in [5, 5.41) is 25.4. The molecule has 3 N–H and O–H groups in total. The van der Waals surface area contributed by atoms with Gasteiger partial charge < -0.3 is 27.9 Å². The minimum atomic E-state index is -0.995. The molecule has 2 unspecified atom stereocenters. The highest BCUT2D eigenvalue weighted by molar-refractivity contribution is 14.1. The van der Waals surface area contributed by atoms with Gasteiger partial charge in [-0.25, -0.2) is 0 Å². The summed E-state index contributed by atoms with van der Waals surface area (Å²) in [4.78, 5) is 0. The SMILES string of the molecule is CCOC(O)CO.CCOCC(O)COI. The highest BCUT2D eigenvalue weighted by Crippen LogP contribution is 1.91. The van der Waals surface area contributed by atoms with Crippen LogP contribution in [0.3, 0.4) is 0 Å². The van der Waals surface area contributed by atoms with E-state index in [9.17, 15) is 0 Å². The molecule has 16 heavy (non-hydrogen) atoms. The van der Waals surface area contributed by atoms with E-state index >= 15 is 0 Å². The highest BCUT2D eigenvalue weighted by Gasteiger charge is 2.01. The predicted molar refractivity (Wildman–Crippen MR) is 67.2 cm³/mol. The molecule has 0 heterocycles. The highest BCUT2D eigenvalue weighted by atomic mass is 127. The number of aliphatic hydroxyl groups excluding tert-OH is 3. The van der Waals surface area contributed by atoms with Gasteiger partial charge in [0.15, 0.2) is 6.29 Å². The smallest absolute Gasteiger partial charge is 0.177 e. The van der Waals surface area contributed by atoms with Crippen LogP contribution in [-0.4, -0.2) is 60.7 Å². The Balaban J connectivity index is 0. The van der Waals surface area contributed by atoms with Crippen LogP contribution in [0, 0.1) is 0 Å². The molecule has 0 aliphatic carbocycles. The average Bonchev–Trinajstić information content (AvgIpc) is 2.28. The Morgan fingerprint density at radius 1 is 1.12 bits per heavy atom. The van der Waals surface area contributed by atoms with Crippen molar-refractivity contribution in [1.82, 2.24) is 0 Å². The lowest BCUT2D eigenvalue weighted by Gasteiger charge is -2.06. The van der Waals surface area contributed by atoms with Crippen molar-refractivity contribution in [2.24, 2.45) is 0 Å². The monoisotopic (exact) mass is 352 g/mol. The van der Waals surface area contributed by atoms with E-state index < -0.39 is 12.4 Å². The second-order valence-corrected chi connectivity index (χ2v) is 3.30. The first-order valence-corrected chi connectivity index (χ1v) is 5.90. The maximum Gasteiger partial charge on any atom is 0.177 e. The molecule has 0 bridgehead atoms. The third-order valence-corrected chi connectivity index (χ3v) is 1.64. The van der Waals surface area contributed by atoms with Crippen LogP contribution in [0.5, 0.6) is 0 Å².